The first-order valence-corrected chi connectivity index (χ1v) is 7.71. The van der Waals surface area contributed by atoms with Crippen molar-refractivity contribution < 1.29 is 4.74 Å². The molecule has 0 saturated heterocycles. The lowest BCUT2D eigenvalue weighted by Crippen LogP contribution is -2.13. The van der Waals surface area contributed by atoms with Crippen molar-refractivity contribution in [2.75, 3.05) is 6.54 Å². The number of hydrogen-bond donors (Lipinski definition) is 1. The van der Waals surface area contributed by atoms with Gasteiger partial charge in [-0.2, -0.15) is 0 Å². The number of imidazole rings is 1. The third-order valence-electron chi connectivity index (χ3n) is 3.84. The molecular formula is C17H23N3O. The number of benzene rings is 1. The number of hydrogen-bond acceptors (Lipinski definition) is 3. The van der Waals surface area contributed by atoms with Gasteiger partial charge in [0.05, 0.1) is 18.2 Å². The Kier molecular flexibility index (Phi) is 4.25. The molecule has 1 aromatic heterocycles. The van der Waals surface area contributed by atoms with Crippen molar-refractivity contribution in [3.8, 4) is 5.75 Å². The number of nitrogens with one attached hydrogen (secondary N) is 1. The molecule has 2 aromatic rings. The van der Waals surface area contributed by atoms with E-state index in [2.05, 4.69) is 46.9 Å². The number of ether oxygens (including phenoxy) is 1. The molecule has 0 spiro atoms. The first-order chi connectivity index (χ1) is 10.3. The van der Waals surface area contributed by atoms with Gasteiger partial charge in [-0.25, -0.2) is 4.98 Å². The average Bonchev–Trinajstić information content (AvgIpc) is 3.23. The van der Waals surface area contributed by atoms with Gasteiger partial charge in [-0.3, -0.25) is 0 Å². The van der Waals surface area contributed by atoms with Gasteiger partial charge in [-0.15, -0.1) is 0 Å². The van der Waals surface area contributed by atoms with Crippen molar-refractivity contribution in [3.63, 3.8) is 0 Å². The van der Waals surface area contributed by atoms with Crippen LogP contribution in [-0.4, -0.2) is 16.1 Å². The van der Waals surface area contributed by atoms with Crippen LogP contribution in [0.3, 0.4) is 0 Å². The largest absolute Gasteiger partial charge is 0.487 e. The highest BCUT2D eigenvalue weighted by molar-refractivity contribution is 5.37. The van der Waals surface area contributed by atoms with Crippen LogP contribution in [0.5, 0.6) is 5.75 Å². The molecule has 0 aliphatic heterocycles. The van der Waals surface area contributed by atoms with E-state index in [0.717, 1.165) is 24.5 Å². The Bertz CT molecular complexity index is 602. The number of rotatable bonds is 7. The van der Waals surface area contributed by atoms with E-state index in [1.807, 2.05) is 12.5 Å². The first-order valence-electron chi connectivity index (χ1n) is 7.71. The van der Waals surface area contributed by atoms with Crippen LogP contribution >= 0.6 is 0 Å². The minimum Gasteiger partial charge on any atom is -0.487 e. The van der Waals surface area contributed by atoms with Gasteiger partial charge in [0.25, 0.3) is 0 Å². The second kappa shape index (κ2) is 6.31. The van der Waals surface area contributed by atoms with Crippen LogP contribution in [-0.2, 0) is 13.2 Å². The van der Waals surface area contributed by atoms with E-state index in [0.29, 0.717) is 12.6 Å². The fourth-order valence-corrected chi connectivity index (χ4v) is 2.52. The van der Waals surface area contributed by atoms with Gasteiger partial charge < -0.3 is 14.6 Å². The smallest absolute Gasteiger partial charge is 0.130 e. The summed E-state index contributed by atoms with van der Waals surface area (Å²) in [4.78, 5) is 4.25. The van der Waals surface area contributed by atoms with Gasteiger partial charge in [-0.05, 0) is 32.4 Å². The lowest BCUT2D eigenvalue weighted by Gasteiger charge is -2.13. The minimum atomic E-state index is 0.582. The maximum absolute atomic E-state index is 6.05. The van der Waals surface area contributed by atoms with Crippen LogP contribution in [0.2, 0.25) is 0 Å². The highest BCUT2D eigenvalue weighted by Gasteiger charge is 2.25. The molecule has 0 unspecified atom stereocenters. The van der Waals surface area contributed by atoms with Crippen LogP contribution < -0.4 is 10.1 Å². The zero-order valence-electron chi connectivity index (χ0n) is 12.8. The average molecular weight is 285 g/mol. The predicted octanol–water partition coefficient (Wildman–Crippen LogP) is 3.21. The Morgan fingerprint density at radius 2 is 2.24 bits per heavy atom. The van der Waals surface area contributed by atoms with Crippen LogP contribution in [0.1, 0.15) is 42.6 Å². The van der Waals surface area contributed by atoms with Gasteiger partial charge in [0, 0.05) is 18.2 Å². The molecule has 3 rings (SSSR count). The van der Waals surface area contributed by atoms with Crippen molar-refractivity contribution in [3.05, 3.63) is 47.5 Å². The van der Waals surface area contributed by atoms with Crippen molar-refractivity contribution >= 4 is 0 Å². The van der Waals surface area contributed by atoms with E-state index in [4.69, 9.17) is 4.74 Å². The third-order valence-corrected chi connectivity index (χ3v) is 3.84. The van der Waals surface area contributed by atoms with Crippen molar-refractivity contribution in [2.24, 2.45) is 0 Å². The topological polar surface area (TPSA) is 39.1 Å². The van der Waals surface area contributed by atoms with E-state index < -0.39 is 0 Å². The normalized spacial score (nSPS) is 14.4. The summed E-state index contributed by atoms with van der Waals surface area (Å²) in [6.07, 6.45) is 6.36. The number of nitrogens with zero attached hydrogens (tertiary/aromatic N) is 2. The minimum absolute atomic E-state index is 0.582. The molecule has 0 bridgehead atoms. The highest BCUT2D eigenvalue weighted by Crippen LogP contribution is 2.35. The molecule has 1 fully saturated rings. The first kappa shape index (κ1) is 14.1. The maximum atomic E-state index is 6.05. The summed E-state index contributed by atoms with van der Waals surface area (Å²) in [7, 11) is 0. The SMILES string of the molecule is CCNCc1cc(C)ccc1OCc1cncn1C1CC1. The van der Waals surface area contributed by atoms with Crippen molar-refractivity contribution in [1.29, 1.82) is 0 Å². The standard InChI is InChI=1S/C17H23N3O/c1-3-18-9-14-8-13(2)4-7-17(14)21-11-16-10-19-12-20(16)15-5-6-15/h4,7-8,10,12,15,18H,3,5-6,9,11H2,1-2H3. The summed E-state index contributed by atoms with van der Waals surface area (Å²) >= 11 is 0. The monoisotopic (exact) mass is 285 g/mol. The molecule has 0 atom stereocenters. The Morgan fingerprint density at radius 1 is 1.38 bits per heavy atom. The fraction of sp³-hybridized carbons (Fsp3) is 0.471. The molecule has 1 N–H and O–H groups in total. The van der Waals surface area contributed by atoms with Gasteiger partial charge in [0.2, 0.25) is 0 Å². The molecule has 1 aliphatic rings. The summed E-state index contributed by atoms with van der Waals surface area (Å²) < 4.78 is 8.30. The Morgan fingerprint density at radius 3 is 3.00 bits per heavy atom. The summed E-state index contributed by atoms with van der Waals surface area (Å²) in [5, 5.41) is 3.37. The van der Waals surface area contributed by atoms with E-state index >= 15 is 0 Å². The van der Waals surface area contributed by atoms with Crippen LogP contribution in [0.25, 0.3) is 0 Å². The summed E-state index contributed by atoms with van der Waals surface area (Å²) in [6, 6.07) is 7.00. The van der Waals surface area contributed by atoms with Crippen molar-refractivity contribution in [2.45, 2.75) is 45.9 Å². The molecule has 1 aromatic carbocycles. The van der Waals surface area contributed by atoms with E-state index in [1.54, 1.807) is 0 Å². The Labute approximate surface area is 126 Å². The third kappa shape index (κ3) is 3.45. The summed E-state index contributed by atoms with van der Waals surface area (Å²) in [5.41, 5.74) is 3.64. The van der Waals surface area contributed by atoms with Gasteiger partial charge in [-0.1, -0.05) is 24.6 Å². The molecule has 4 heteroatoms. The molecule has 21 heavy (non-hydrogen) atoms. The highest BCUT2D eigenvalue weighted by atomic mass is 16.5. The van der Waals surface area contributed by atoms with Crippen LogP contribution in [0.15, 0.2) is 30.7 Å². The van der Waals surface area contributed by atoms with E-state index in [9.17, 15) is 0 Å². The van der Waals surface area contributed by atoms with Gasteiger partial charge in [0.1, 0.15) is 12.4 Å². The molecule has 1 aliphatic carbocycles. The molecule has 1 heterocycles. The fourth-order valence-electron chi connectivity index (χ4n) is 2.52. The summed E-state index contributed by atoms with van der Waals surface area (Å²) in [5.74, 6) is 0.963. The maximum Gasteiger partial charge on any atom is 0.130 e. The summed E-state index contributed by atoms with van der Waals surface area (Å²) in [6.45, 7) is 6.61. The lowest BCUT2D eigenvalue weighted by atomic mass is 10.1. The zero-order chi connectivity index (χ0) is 14.7. The molecular weight excluding hydrogens is 262 g/mol. The second-order valence-corrected chi connectivity index (χ2v) is 5.70. The van der Waals surface area contributed by atoms with E-state index in [-0.39, 0.29) is 0 Å². The number of aryl methyl sites for hydroxylation is 1. The molecule has 0 radical (unpaired) electrons. The predicted molar refractivity (Wildman–Crippen MR) is 83.4 cm³/mol. The number of aromatic nitrogens is 2. The second-order valence-electron chi connectivity index (χ2n) is 5.70. The molecule has 4 nitrogen and oxygen atoms in total. The lowest BCUT2D eigenvalue weighted by molar-refractivity contribution is 0.291. The van der Waals surface area contributed by atoms with E-state index in [1.165, 1.54) is 24.0 Å². The van der Waals surface area contributed by atoms with Gasteiger partial charge >= 0.3 is 0 Å². The quantitative estimate of drug-likeness (QED) is 0.849. The van der Waals surface area contributed by atoms with Crippen LogP contribution in [0.4, 0.5) is 0 Å². The van der Waals surface area contributed by atoms with Crippen molar-refractivity contribution in [1.82, 2.24) is 14.9 Å². The van der Waals surface area contributed by atoms with Gasteiger partial charge in [0.15, 0.2) is 0 Å². The molecule has 0 amide bonds. The molecule has 112 valence electrons. The zero-order valence-corrected chi connectivity index (χ0v) is 12.8. The Hall–Kier alpha value is -1.81. The van der Waals surface area contributed by atoms with Crippen LogP contribution in [0, 0.1) is 6.92 Å². The Balaban J connectivity index is 1.70. The molecule has 1 saturated carbocycles.